The molecular formula is C14H18ClN3O2S. The second-order valence-corrected chi connectivity index (χ2v) is 7.21. The Bertz CT molecular complexity index is 660. The number of amidine groups is 1. The Morgan fingerprint density at radius 1 is 1.14 bits per heavy atom. The molecule has 0 aliphatic carbocycles. The van der Waals surface area contributed by atoms with Gasteiger partial charge in [-0.3, -0.25) is 0 Å². The molecule has 0 aromatic heterocycles. The standard InChI is InChI=1S/C14H18ClN3O2S/c15-6-9-17-7-3-8-18(11-10-17)14-12-4-1-2-5-13(12)21(19,20)16-14/h1-2,4-5H,3,6-11H2. The van der Waals surface area contributed by atoms with Crippen molar-refractivity contribution in [3.8, 4) is 0 Å². The summed E-state index contributed by atoms with van der Waals surface area (Å²) in [4.78, 5) is 4.71. The summed E-state index contributed by atoms with van der Waals surface area (Å²) in [6, 6.07) is 7.05. The van der Waals surface area contributed by atoms with Gasteiger partial charge in [-0.2, -0.15) is 8.42 Å². The SMILES string of the molecule is O=S1(=O)N=C(N2CCCN(CCCl)CC2)c2ccccc21. The van der Waals surface area contributed by atoms with Crippen LogP contribution in [0.25, 0.3) is 0 Å². The first-order valence-electron chi connectivity index (χ1n) is 7.09. The summed E-state index contributed by atoms with van der Waals surface area (Å²) in [5.74, 6) is 1.22. The average Bonchev–Trinajstić information content (AvgIpc) is 2.64. The highest BCUT2D eigenvalue weighted by Crippen LogP contribution is 2.27. The lowest BCUT2D eigenvalue weighted by Gasteiger charge is -2.23. The van der Waals surface area contributed by atoms with Gasteiger partial charge in [0.15, 0.2) is 5.84 Å². The third-order valence-corrected chi connectivity index (χ3v) is 5.40. The number of sulfonamides is 1. The van der Waals surface area contributed by atoms with Crippen LogP contribution in [-0.4, -0.2) is 62.7 Å². The van der Waals surface area contributed by atoms with Gasteiger partial charge in [-0.1, -0.05) is 12.1 Å². The smallest absolute Gasteiger partial charge is 0.285 e. The highest BCUT2D eigenvalue weighted by Gasteiger charge is 2.32. The van der Waals surface area contributed by atoms with Gasteiger partial charge in [-0.05, 0) is 25.1 Å². The molecule has 21 heavy (non-hydrogen) atoms. The summed E-state index contributed by atoms with van der Waals surface area (Å²) in [5.41, 5.74) is 0.725. The molecule has 0 amide bonds. The van der Waals surface area contributed by atoms with Gasteiger partial charge < -0.3 is 9.80 Å². The Morgan fingerprint density at radius 3 is 2.76 bits per heavy atom. The van der Waals surface area contributed by atoms with E-state index in [0.29, 0.717) is 16.6 Å². The van der Waals surface area contributed by atoms with Gasteiger partial charge in [0.2, 0.25) is 0 Å². The minimum Gasteiger partial charge on any atom is -0.354 e. The molecular weight excluding hydrogens is 310 g/mol. The van der Waals surface area contributed by atoms with Crippen LogP contribution in [0.5, 0.6) is 0 Å². The topological polar surface area (TPSA) is 53.0 Å². The molecule has 0 spiro atoms. The molecule has 0 bridgehead atoms. The van der Waals surface area contributed by atoms with E-state index in [4.69, 9.17) is 11.6 Å². The van der Waals surface area contributed by atoms with E-state index in [9.17, 15) is 8.42 Å². The van der Waals surface area contributed by atoms with E-state index in [1.165, 1.54) is 0 Å². The van der Waals surface area contributed by atoms with Crippen molar-refractivity contribution in [2.75, 3.05) is 38.6 Å². The predicted molar refractivity (Wildman–Crippen MR) is 83.5 cm³/mol. The van der Waals surface area contributed by atoms with Gasteiger partial charge in [-0.15, -0.1) is 16.0 Å². The van der Waals surface area contributed by atoms with E-state index < -0.39 is 10.0 Å². The number of rotatable bonds is 2. The fourth-order valence-corrected chi connectivity index (χ4v) is 4.31. The Labute approximate surface area is 130 Å². The minimum absolute atomic E-state index is 0.321. The molecule has 2 heterocycles. The fraction of sp³-hybridized carbons (Fsp3) is 0.500. The third kappa shape index (κ3) is 2.93. The van der Waals surface area contributed by atoms with Crippen LogP contribution >= 0.6 is 11.6 Å². The van der Waals surface area contributed by atoms with Crippen molar-refractivity contribution in [1.82, 2.24) is 9.80 Å². The van der Waals surface area contributed by atoms with Crippen molar-refractivity contribution in [3.63, 3.8) is 0 Å². The first kappa shape index (κ1) is 14.8. The number of nitrogens with zero attached hydrogens (tertiary/aromatic N) is 3. The molecule has 2 aliphatic rings. The molecule has 2 aliphatic heterocycles. The summed E-state index contributed by atoms with van der Waals surface area (Å²) in [5, 5.41) is 0. The summed E-state index contributed by atoms with van der Waals surface area (Å²) in [7, 11) is -3.53. The molecule has 1 aromatic rings. The van der Waals surface area contributed by atoms with Crippen LogP contribution in [0.1, 0.15) is 12.0 Å². The zero-order valence-electron chi connectivity index (χ0n) is 11.7. The van der Waals surface area contributed by atoms with Crippen LogP contribution in [-0.2, 0) is 10.0 Å². The molecule has 114 valence electrons. The van der Waals surface area contributed by atoms with Gasteiger partial charge in [-0.25, -0.2) is 0 Å². The number of fused-ring (bicyclic) bond motifs is 1. The number of benzene rings is 1. The first-order chi connectivity index (χ1) is 10.1. The Balaban J connectivity index is 1.85. The van der Waals surface area contributed by atoms with E-state index in [1.807, 2.05) is 12.1 Å². The number of hydrogen-bond donors (Lipinski definition) is 0. The molecule has 1 fully saturated rings. The summed E-state index contributed by atoms with van der Waals surface area (Å²) < 4.78 is 28.2. The number of halogens is 1. The molecule has 5 nitrogen and oxygen atoms in total. The van der Waals surface area contributed by atoms with Gasteiger partial charge in [0.05, 0.1) is 0 Å². The van der Waals surface area contributed by atoms with Crippen LogP contribution < -0.4 is 0 Å². The molecule has 0 unspecified atom stereocenters. The quantitative estimate of drug-likeness (QED) is 0.770. The van der Waals surface area contributed by atoms with Crippen molar-refractivity contribution < 1.29 is 8.42 Å². The summed E-state index contributed by atoms with van der Waals surface area (Å²) in [6.07, 6.45) is 0.984. The van der Waals surface area contributed by atoms with Gasteiger partial charge in [0, 0.05) is 37.6 Å². The lowest BCUT2D eigenvalue weighted by Crippen LogP contribution is -2.35. The fourth-order valence-electron chi connectivity index (χ4n) is 2.84. The second kappa shape index (κ2) is 5.94. The maximum absolute atomic E-state index is 12.1. The zero-order valence-corrected chi connectivity index (χ0v) is 13.3. The van der Waals surface area contributed by atoms with Crippen molar-refractivity contribution in [2.24, 2.45) is 4.40 Å². The maximum Gasteiger partial charge on any atom is 0.285 e. The Kier molecular flexibility index (Phi) is 4.19. The van der Waals surface area contributed by atoms with Crippen LogP contribution in [0.3, 0.4) is 0 Å². The molecule has 0 N–H and O–H groups in total. The molecule has 0 saturated carbocycles. The molecule has 3 rings (SSSR count). The van der Waals surface area contributed by atoms with Crippen LogP contribution in [0, 0.1) is 0 Å². The molecule has 1 saturated heterocycles. The zero-order chi connectivity index (χ0) is 14.9. The molecule has 0 radical (unpaired) electrons. The van der Waals surface area contributed by atoms with Crippen LogP contribution in [0.15, 0.2) is 33.6 Å². The van der Waals surface area contributed by atoms with E-state index in [0.717, 1.165) is 44.7 Å². The Hall–Kier alpha value is -1.11. The van der Waals surface area contributed by atoms with Gasteiger partial charge in [0.25, 0.3) is 10.0 Å². The largest absolute Gasteiger partial charge is 0.354 e. The average molecular weight is 328 g/mol. The monoisotopic (exact) mass is 327 g/mol. The highest BCUT2D eigenvalue weighted by molar-refractivity contribution is 7.90. The number of hydrogen-bond acceptors (Lipinski definition) is 4. The van der Waals surface area contributed by atoms with Crippen LogP contribution in [0.4, 0.5) is 0 Å². The molecule has 7 heteroatoms. The minimum atomic E-state index is -3.53. The van der Waals surface area contributed by atoms with Crippen molar-refractivity contribution >= 4 is 27.5 Å². The van der Waals surface area contributed by atoms with Crippen molar-refractivity contribution in [2.45, 2.75) is 11.3 Å². The molecule has 0 atom stereocenters. The lowest BCUT2D eigenvalue weighted by atomic mass is 10.2. The van der Waals surface area contributed by atoms with E-state index >= 15 is 0 Å². The van der Waals surface area contributed by atoms with Gasteiger partial charge >= 0.3 is 0 Å². The van der Waals surface area contributed by atoms with Crippen molar-refractivity contribution in [1.29, 1.82) is 0 Å². The highest BCUT2D eigenvalue weighted by atomic mass is 35.5. The molecule has 1 aromatic carbocycles. The lowest BCUT2D eigenvalue weighted by molar-refractivity contribution is 0.302. The first-order valence-corrected chi connectivity index (χ1v) is 9.07. The van der Waals surface area contributed by atoms with Gasteiger partial charge in [0.1, 0.15) is 4.90 Å². The predicted octanol–water partition coefficient (Wildman–Crippen LogP) is 1.38. The van der Waals surface area contributed by atoms with Crippen molar-refractivity contribution in [3.05, 3.63) is 29.8 Å². The van der Waals surface area contributed by atoms with E-state index in [-0.39, 0.29) is 0 Å². The third-order valence-electron chi connectivity index (χ3n) is 3.90. The van der Waals surface area contributed by atoms with Crippen LogP contribution in [0.2, 0.25) is 0 Å². The van der Waals surface area contributed by atoms with E-state index in [1.54, 1.807) is 12.1 Å². The summed E-state index contributed by atoms with van der Waals surface area (Å²) >= 11 is 5.80. The number of alkyl halides is 1. The van der Waals surface area contributed by atoms with E-state index in [2.05, 4.69) is 14.2 Å². The second-order valence-electron chi connectivity index (χ2n) is 5.26. The normalized spacial score (nSPS) is 21.8. The maximum atomic E-state index is 12.1. The summed E-state index contributed by atoms with van der Waals surface area (Å²) in [6.45, 7) is 4.34. The Morgan fingerprint density at radius 2 is 1.95 bits per heavy atom.